The average molecular weight is 343 g/mol. The molecule has 2 atom stereocenters. The summed E-state index contributed by atoms with van der Waals surface area (Å²) >= 11 is 0. The van der Waals surface area contributed by atoms with E-state index in [1.807, 2.05) is 0 Å². The van der Waals surface area contributed by atoms with Crippen molar-refractivity contribution in [3.8, 4) is 0 Å². The first-order valence-corrected chi connectivity index (χ1v) is 10.0. The maximum absolute atomic E-state index is 2.70. The number of hydrogen-bond donors (Lipinski definition) is 0. The summed E-state index contributed by atoms with van der Waals surface area (Å²) in [5.74, 6) is 1.36. The van der Waals surface area contributed by atoms with E-state index in [1.54, 1.807) is 0 Å². The van der Waals surface area contributed by atoms with Gasteiger partial charge in [-0.25, -0.2) is 0 Å². The normalized spacial score (nSPS) is 19.0. The first-order chi connectivity index (χ1) is 11.8. The molecule has 0 aliphatic carbocycles. The Labute approximate surface area is 155 Å². The molecule has 1 unspecified atom stereocenters. The van der Waals surface area contributed by atoms with E-state index >= 15 is 0 Å². The van der Waals surface area contributed by atoms with E-state index in [-0.39, 0.29) is 0 Å². The molecule has 1 heterocycles. The van der Waals surface area contributed by atoms with Crippen LogP contribution in [0.3, 0.4) is 0 Å². The molecule has 0 radical (unpaired) electrons. The number of hydrogen-bond acceptors (Lipinski definition) is 2. The predicted molar refractivity (Wildman–Crippen MR) is 110 cm³/mol. The van der Waals surface area contributed by atoms with Crippen molar-refractivity contribution < 1.29 is 0 Å². The maximum atomic E-state index is 2.70. The number of allylic oxidation sites excluding steroid dienone is 1. The second-order valence-corrected chi connectivity index (χ2v) is 8.59. The highest BCUT2D eigenvalue weighted by Crippen LogP contribution is 2.25. The van der Waals surface area contributed by atoms with Gasteiger partial charge in [0.15, 0.2) is 0 Å². The molecular weight excluding hydrogens is 304 g/mol. The molecule has 1 fully saturated rings. The van der Waals surface area contributed by atoms with Crippen LogP contribution in [-0.4, -0.2) is 48.6 Å². The zero-order valence-electron chi connectivity index (χ0n) is 17.3. The lowest BCUT2D eigenvalue weighted by atomic mass is 9.91. The highest BCUT2D eigenvalue weighted by molar-refractivity contribution is 5.24. The Hall–Kier alpha value is -1.12. The van der Waals surface area contributed by atoms with Crippen molar-refractivity contribution in [2.24, 2.45) is 5.92 Å². The molecule has 25 heavy (non-hydrogen) atoms. The molecule has 140 valence electrons. The summed E-state index contributed by atoms with van der Waals surface area (Å²) in [6.07, 6.45) is 3.70. The van der Waals surface area contributed by atoms with E-state index in [2.05, 4.69) is 81.7 Å². The molecule has 2 nitrogen and oxygen atoms in total. The Morgan fingerprint density at radius 1 is 1.00 bits per heavy atom. The van der Waals surface area contributed by atoms with E-state index in [9.17, 15) is 0 Å². The smallest absolute Gasteiger partial charge is 0.0287 e. The molecular formula is C23H38N2. The van der Waals surface area contributed by atoms with Crippen LogP contribution in [0, 0.1) is 12.8 Å². The van der Waals surface area contributed by atoms with Gasteiger partial charge in [-0.1, -0.05) is 62.2 Å². The lowest BCUT2D eigenvalue weighted by Crippen LogP contribution is -2.50. The Kier molecular flexibility index (Phi) is 7.71. The standard InChI is InChI=1S/C23H38N2/c1-18(2)15-23(16-21(6)22-9-7-20(5)8-10-22)25-13-11-24(12-14-25)17-19(3)4/h7-10,15,19,21,23H,11-14,16-17H2,1-6H3/t21-,23?/m0/s1. The van der Waals surface area contributed by atoms with Gasteiger partial charge in [-0.3, -0.25) is 4.90 Å². The Morgan fingerprint density at radius 3 is 2.12 bits per heavy atom. The molecule has 1 aliphatic heterocycles. The van der Waals surface area contributed by atoms with E-state index in [4.69, 9.17) is 0 Å². The Bertz CT molecular complexity index is 532. The second kappa shape index (κ2) is 9.54. The van der Waals surface area contributed by atoms with Crippen LogP contribution < -0.4 is 0 Å². The first kappa shape index (κ1) is 20.2. The minimum Gasteiger partial charge on any atom is -0.301 e. The molecule has 1 aromatic carbocycles. The average Bonchev–Trinajstić information content (AvgIpc) is 2.54. The molecule has 0 amide bonds. The van der Waals surface area contributed by atoms with Gasteiger partial charge >= 0.3 is 0 Å². The van der Waals surface area contributed by atoms with Crippen molar-refractivity contribution in [3.05, 3.63) is 47.0 Å². The molecule has 0 spiro atoms. The quantitative estimate of drug-likeness (QED) is 0.636. The van der Waals surface area contributed by atoms with Crippen LogP contribution in [0.15, 0.2) is 35.9 Å². The van der Waals surface area contributed by atoms with Crippen molar-refractivity contribution in [2.75, 3.05) is 32.7 Å². The van der Waals surface area contributed by atoms with Gasteiger partial charge in [0, 0.05) is 38.8 Å². The highest BCUT2D eigenvalue weighted by Gasteiger charge is 2.24. The van der Waals surface area contributed by atoms with Crippen LogP contribution in [0.2, 0.25) is 0 Å². The van der Waals surface area contributed by atoms with E-state index < -0.39 is 0 Å². The summed E-state index contributed by atoms with van der Waals surface area (Å²) in [5.41, 5.74) is 4.25. The summed E-state index contributed by atoms with van der Waals surface area (Å²) in [4.78, 5) is 5.33. The van der Waals surface area contributed by atoms with Crippen molar-refractivity contribution in [1.29, 1.82) is 0 Å². The zero-order valence-corrected chi connectivity index (χ0v) is 17.3. The van der Waals surface area contributed by atoms with Crippen LogP contribution in [0.5, 0.6) is 0 Å². The molecule has 2 rings (SSSR count). The highest BCUT2D eigenvalue weighted by atomic mass is 15.3. The molecule has 0 N–H and O–H groups in total. The molecule has 1 aliphatic rings. The topological polar surface area (TPSA) is 6.48 Å². The van der Waals surface area contributed by atoms with E-state index in [0.29, 0.717) is 12.0 Å². The largest absolute Gasteiger partial charge is 0.301 e. The summed E-state index contributed by atoms with van der Waals surface area (Å²) in [7, 11) is 0. The molecule has 1 saturated heterocycles. The van der Waals surface area contributed by atoms with Gasteiger partial charge in [0.05, 0.1) is 0 Å². The molecule has 1 aromatic rings. The fourth-order valence-corrected chi connectivity index (χ4v) is 3.89. The third-order valence-corrected chi connectivity index (χ3v) is 5.27. The summed E-state index contributed by atoms with van der Waals surface area (Å²) < 4.78 is 0. The van der Waals surface area contributed by atoms with E-state index in [1.165, 1.54) is 55.8 Å². The van der Waals surface area contributed by atoms with Crippen LogP contribution in [0.4, 0.5) is 0 Å². The number of nitrogens with zero attached hydrogens (tertiary/aromatic N) is 2. The molecule has 2 heteroatoms. The van der Waals surface area contributed by atoms with Crippen molar-refractivity contribution in [3.63, 3.8) is 0 Å². The monoisotopic (exact) mass is 342 g/mol. The van der Waals surface area contributed by atoms with Crippen molar-refractivity contribution >= 4 is 0 Å². The number of benzene rings is 1. The van der Waals surface area contributed by atoms with E-state index in [0.717, 1.165) is 5.92 Å². The molecule has 0 aromatic heterocycles. The van der Waals surface area contributed by atoms with Crippen LogP contribution in [0.25, 0.3) is 0 Å². The van der Waals surface area contributed by atoms with Gasteiger partial charge in [0.2, 0.25) is 0 Å². The van der Waals surface area contributed by atoms with Gasteiger partial charge in [0.1, 0.15) is 0 Å². The number of rotatable bonds is 7. The minimum atomic E-state index is 0.558. The molecule has 0 bridgehead atoms. The van der Waals surface area contributed by atoms with Crippen LogP contribution >= 0.6 is 0 Å². The van der Waals surface area contributed by atoms with Gasteiger partial charge in [0.25, 0.3) is 0 Å². The van der Waals surface area contributed by atoms with Gasteiger partial charge in [-0.2, -0.15) is 0 Å². The van der Waals surface area contributed by atoms with Crippen LogP contribution in [0.1, 0.15) is 58.1 Å². The molecule has 0 saturated carbocycles. The van der Waals surface area contributed by atoms with Gasteiger partial charge < -0.3 is 4.90 Å². The lowest BCUT2D eigenvalue weighted by molar-refractivity contribution is 0.0984. The summed E-state index contributed by atoms with van der Waals surface area (Å²) in [5, 5.41) is 0. The first-order valence-electron chi connectivity index (χ1n) is 10.0. The second-order valence-electron chi connectivity index (χ2n) is 8.59. The Morgan fingerprint density at radius 2 is 1.60 bits per heavy atom. The maximum Gasteiger partial charge on any atom is 0.0287 e. The number of aryl methyl sites for hydroxylation is 1. The summed E-state index contributed by atoms with van der Waals surface area (Å²) in [6.45, 7) is 19.7. The minimum absolute atomic E-state index is 0.558. The zero-order chi connectivity index (χ0) is 18.4. The van der Waals surface area contributed by atoms with Crippen molar-refractivity contribution in [1.82, 2.24) is 9.80 Å². The lowest BCUT2D eigenvalue weighted by Gasteiger charge is -2.40. The fraction of sp³-hybridized carbons (Fsp3) is 0.652. The number of piperazine rings is 1. The van der Waals surface area contributed by atoms with Gasteiger partial charge in [-0.15, -0.1) is 0 Å². The Balaban J connectivity index is 1.99. The van der Waals surface area contributed by atoms with Crippen LogP contribution in [-0.2, 0) is 0 Å². The third kappa shape index (κ3) is 6.60. The summed E-state index contributed by atoms with van der Waals surface area (Å²) in [6, 6.07) is 9.65. The fourth-order valence-electron chi connectivity index (χ4n) is 3.89. The predicted octanol–water partition coefficient (Wildman–Crippen LogP) is 5.10. The third-order valence-electron chi connectivity index (χ3n) is 5.27. The SMILES string of the molecule is CC(C)=CC(C[C@H](C)c1ccc(C)cc1)N1CCN(CC(C)C)CC1. The van der Waals surface area contributed by atoms with Gasteiger partial charge in [-0.05, 0) is 44.6 Å². The van der Waals surface area contributed by atoms with Crippen molar-refractivity contribution in [2.45, 2.75) is 59.9 Å².